The van der Waals surface area contributed by atoms with Gasteiger partial charge in [0.15, 0.2) is 11.2 Å². The molecule has 2 aromatic rings. The minimum atomic E-state index is -0.721. The summed E-state index contributed by atoms with van der Waals surface area (Å²) in [5.41, 5.74) is 2.28. The highest BCUT2D eigenvalue weighted by molar-refractivity contribution is 6.43. The van der Waals surface area contributed by atoms with Gasteiger partial charge in [-0.15, -0.1) is 11.6 Å². The molecule has 0 fully saturated rings. The summed E-state index contributed by atoms with van der Waals surface area (Å²) in [5, 5.41) is 3.54. The predicted molar refractivity (Wildman–Crippen MR) is 70.7 cm³/mol. The van der Waals surface area contributed by atoms with Crippen LogP contribution in [-0.4, -0.2) is 26.8 Å². The number of carbonyl (C=O) groups is 1. The lowest BCUT2D eigenvalue weighted by Gasteiger charge is -2.14. The molecule has 1 unspecified atom stereocenters. The number of aromatic nitrogens is 2. The second-order valence-electron chi connectivity index (χ2n) is 4.12. The van der Waals surface area contributed by atoms with Crippen LogP contribution < -0.4 is 0 Å². The maximum atomic E-state index is 12.0. The number of rotatable bonds is 1. The molecule has 0 amide bonds. The smallest absolute Gasteiger partial charge is 0.270 e. The van der Waals surface area contributed by atoms with Gasteiger partial charge in [-0.1, -0.05) is 30.3 Å². The van der Waals surface area contributed by atoms with Crippen LogP contribution in [0.5, 0.6) is 0 Å². The topological polar surface area (TPSA) is 47.2 Å². The first-order chi connectivity index (χ1) is 8.66. The fraction of sp³-hybridized carbons (Fsp3) is 0.154. The highest BCUT2D eigenvalue weighted by atomic mass is 35.5. The molecule has 3 rings (SSSR count). The fourth-order valence-corrected chi connectivity index (χ4v) is 2.03. The Morgan fingerprint density at radius 3 is 2.72 bits per heavy atom. The van der Waals surface area contributed by atoms with E-state index in [1.54, 1.807) is 13.0 Å². The van der Waals surface area contributed by atoms with Crippen molar-refractivity contribution in [2.75, 3.05) is 0 Å². The van der Waals surface area contributed by atoms with Gasteiger partial charge in [-0.2, -0.15) is 9.78 Å². The molecule has 0 aliphatic carbocycles. The summed E-state index contributed by atoms with van der Waals surface area (Å²) in [5.74, 6) is 0.287. The largest absolute Gasteiger partial charge is 0.272 e. The second kappa shape index (κ2) is 4.07. The lowest BCUT2D eigenvalue weighted by Crippen LogP contribution is -2.31. The van der Waals surface area contributed by atoms with Gasteiger partial charge < -0.3 is 0 Å². The molecule has 2 heterocycles. The zero-order valence-corrected chi connectivity index (χ0v) is 10.4. The van der Waals surface area contributed by atoms with Gasteiger partial charge in [0.2, 0.25) is 0 Å². The Labute approximate surface area is 109 Å². The van der Waals surface area contributed by atoms with Crippen LogP contribution in [0.1, 0.15) is 11.7 Å². The quantitative estimate of drug-likeness (QED) is 0.740. The van der Waals surface area contributed by atoms with Gasteiger partial charge in [-0.05, 0) is 6.92 Å². The van der Waals surface area contributed by atoms with E-state index in [2.05, 4.69) is 10.1 Å². The fourth-order valence-electron chi connectivity index (χ4n) is 1.89. The Hall–Kier alpha value is -1.94. The van der Waals surface area contributed by atoms with E-state index in [4.69, 9.17) is 11.6 Å². The highest BCUT2D eigenvalue weighted by Crippen LogP contribution is 2.27. The van der Waals surface area contributed by atoms with Crippen molar-refractivity contribution in [2.24, 2.45) is 4.99 Å². The third-order valence-electron chi connectivity index (χ3n) is 2.84. The molecule has 0 radical (unpaired) electrons. The number of hydrogen-bond donors (Lipinski definition) is 0. The maximum absolute atomic E-state index is 12.0. The van der Waals surface area contributed by atoms with Gasteiger partial charge in [0, 0.05) is 17.3 Å². The lowest BCUT2D eigenvalue weighted by atomic mass is 10.1. The number of halogens is 1. The van der Waals surface area contributed by atoms with Crippen molar-refractivity contribution in [3.05, 3.63) is 36.4 Å². The summed E-state index contributed by atoms with van der Waals surface area (Å²) < 4.78 is 1.27. The Morgan fingerprint density at radius 2 is 2.00 bits per heavy atom. The predicted octanol–water partition coefficient (Wildman–Crippen LogP) is 2.90. The minimum absolute atomic E-state index is 0.249. The summed E-state index contributed by atoms with van der Waals surface area (Å²) in [6, 6.07) is 11.4. The minimum Gasteiger partial charge on any atom is -0.270 e. The number of fused-ring (bicyclic) bond motifs is 1. The van der Waals surface area contributed by atoms with Gasteiger partial charge in [-0.25, -0.2) is 4.99 Å². The molecule has 18 heavy (non-hydrogen) atoms. The van der Waals surface area contributed by atoms with Crippen molar-refractivity contribution in [1.29, 1.82) is 0 Å². The Kier molecular flexibility index (Phi) is 2.52. The van der Waals surface area contributed by atoms with E-state index in [1.165, 1.54) is 4.68 Å². The van der Waals surface area contributed by atoms with E-state index in [0.717, 1.165) is 11.3 Å². The normalized spacial score (nSPS) is 18.4. The first kappa shape index (κ1) is 11.2. The molecule has 1 aromatic heterocycles. The van der Waals surface area contributed by atoms with Gasteiger partial charge in [0.25, 0.3) is 5.91 Å². The van der Waals surface area contributed by atoms with Crippen LogP contribution in [0.15, 0.2) is 41.4 Å². The number of carbonyl (C=O) groups excluding carboxylic acids is 1. The van der Waals surface area contributed by atoms with Crippen LogP contribution in [0.3, 0.4) is 0 Å². The van der Waals surface area contributed by atoms with Crippen LogP contribution in [0, 0.1) is 0 Å². The van der Waals surface area contributed by atoms with E-state index >= 15 is 0 Å². The van der Waals surface area contributed by atoms with E-state index < -0.39 is 5.38 Å². The van der Waals surface area contributed by atoms with Crippen molar-refractivity contribution in [3.8, 4) is 11.3 Å². The number of hydrogen-bond acceptors (Lipinski definition) is 3. The summed E-state index contributed by atoms with van der Waals surface area (Å²) in [4.78, 5) is 16.2. The monoisotopic (exact) mass is 259 g/mol. The molecule has 0 saturated carbocycles. The maximum Gasteiger partial charge on any atom is 0.272 e. The molecule has 90 valence electrons. The molecule has 1 atom stereocenters. The highest BCUT2D eigenvalue weighted by Gasteiger charge is 2.28. The zero-order valence-electron chi connectivity index (χ0n) is 9.67. The molecule has 1 aliphatic rings. The van der Waals surface area contributed by atoms with Crippen LogP contribution in [0.25, 0.3) is 11.3 Å². The van der Waals surface area contributed by atoms with Crippen LogP contribution in [0.4, 0.5) is 5.82 Å². The number of aliphatic imine (C=N–C) groups is 1. The first-order valence-electron chi connectivity index (χ1n) is 5.56. The zero-order chi connectivity index (χ0) is 12.7. The molecule has 0 spiro atoms. The van der Waals surface area contributed by atoms with E-state index in [1.807, 2.05) is 30.3 Å². The van der Waals surface area contributed by atoms with Crippen molar-refractivity contribution in [3.63, 3.8) is 0 Å². The summed E-state index contributed by atoms with van der Waals surface area (Å²) in [6.07, 6.45) is 0. The molecule has 1 aliphatic heterocycles. The average Bonchev–Trinajstić information content (AvgIpc) is 2.81. The number of alkyl halides is 1. The molecular formula is C13H10ClN3O. The van der Waals surface area contributed by atoms with Gasteiger partial charge >= 0.3 is 0 Å². The Bertz CT molecular complexity index is 646. The summed E-state index contributed by atoms with van der Waals surface area (Å²) >= 11 is 5.96. The lowest BCUT2D eigenvalue weighted by molar-refractivity contribution is 0.0910. The molecule has 0 N–H and O–H groups in total. The summed E-state index contributed by atoms with van der Waals surface area (Å²) in [6.45, 7) is 1.74. The van der Waals surface area contributed by atoms with Crippen molar-refractivity contribution in [2.45, 2.75) is 12.3 Å². The number of benzene rings is 1. The molecule has 1 aromatic carbocycles. The molecular weight excluding hydrogens is 250 g/mol. The summed E-state index contributed by atoms with van der Waals surface area (Å²) in [7, 11) is 0. The van der Waals surface area contributed by atoms with Crippen LogP contribution in [0.2, 0.25) is 0 Å². The molecule has 4 nitrogen and oxygen atoms in total. The van der Waals surface area contributed by atoms with Crippen LogP contribution >= 0.6 is 11.6 Å². The van der Waals surface area contributed by atoms with E-state index in [0.29, 0.717) is 11.5 Å². The van der Waals surface area contributed by atoms with Crippen molar-refractivity contribution in [1.82, 2.24) is 9.78 Å². The number of nitrogens with zero attached hydrogens (tertiary/aromatic N) is 3. The Morgan fingerprint density at radius 1 is 1.28 bits per heavy atom. The Balaban J connectivity index is 2.12. The van der Waals surface area contributed by atoms with Crippen molar-refractivity contribution >= 4 is 29.0 Å². The third-order valence-corrected chi connectivity index (χ3v) is 3.35. The van der Waals surface area contributed by atoms with Gasteiger partial charge in [0.05, 0.1) is 5.69 Å². The molecule has 0 saturated heterocycles. The first-order valence-corrected chi connectivity index (χ1v) is 5.99. The second-order valence-corrected chi connectivity index (χ2v) is 4.56. The average molecular weight is 260 g/mol. The molecule has 0 bridgehead atoms. The van der Waals surface area contributed by atoms with Gasteiger partial charge in [-0.3, -0.25) is 4.79 Å². The standard InChI is InChI=1S/C13H10ClN3O/c1-8-12(14)13(18)17-11(15-8)7-10(16-17)9-5-3-2-4-6-9/h2-7,12H,1H3. The van der Waals surface area contributed by atoms with Gasteiger partial charge in [0.1, 0.15) is 0 Å². The third kappa shape index (κ3) is 1.66. The SMILES string of the molecule is CC1=Nc2cc(-c3ccccc3)nn2C(=O)C1Cl. The van der Waals surface area contributed by atoms with Crippen molar-refractivity contribution < 1.29 is 4.79 Å². The van der Waals surface area contributed by atoms with E-state index in [9.17, 15) is 4.79 Å². The van der Waals surface area contributed by atoms with E-state index in [-0.39, 0.29) is 5.91 Å². The molecule has 5 heteroatoms. The van der Waals surface area contributed by atoms with Crippen LogP contribution in [-0.2, 0) is 0 Å².